The molecule has 0 spiro atoms. The average Bonchev–Trinajstić information content (AvgIpc) is 2.83. The van der Waals surface area contributed by atoms with Crippen molar-refractivity contribution < 1.29 is 17.9 Å². The monoisotopic (exact) mass is 285 g/mol. The summed E-state index contributed by atoms with van der Waals surface area (Å²) in [6.07, 6.45) is -2.81. The van der Waals surface area contributed by atoms with E-state index in [0.717, 1.165) is 0 Å². The molecule has 1 aromatic heterocycles. The molecule has 2 aromatic rings. The van der Waals surface area contributed by atoms with Crippen LogP contribution in [0.25, 0.3) is 0 Å². The molecular formula is C13H13F2NO4. The number of ether oxygens (including phenoxy) is 1. The minimum atomic E-state index is -2.81. The molecule has 2 rings (SSSR count). The van der Waals surface area contributed by atoms with Gasteiger partial charge in [-0.25, -0.2) is 8.78 Å². The van der Waals surface area contributed by atoms with Gasteiger partial charge in [-0.15, -0.1) is 0 Å². The molecule has 0 aliphatic heterocycles. The second kappa shape index (κ2) is 5.44. The average molecular weight is 285 g/mol. The van der Waals surface area contributed by atoms with Crippen LogP contribution in [-0.4, -0.2) is 13.0 Å². The number of anilines is 1. The van der Waals surface area contributed by atoms with Crippen LogP contribution >= 0.6 is 0 Å². The van der Waals surface area contributed by atoms with Gasteiger partial charge in [-0.3, -0.25) is 9.59 Å². The zero-order chi connectivity index (χ0) is 14.9. The Labute approximate surface area is 112 Å². The fraction of sp³-hybridized carbons (Fsp3) is 0.385. The molecule has 1 aromatic carbocycles. The van der Waals surface area contributed by atoms with E-state index in [2.05, 4.69) is 5.32 Å². The van der Waals surface area contributed by atoms with Crippen molar-refractivity contribution >= 4 is 5.69 Å². The Morgan fingerprint density at radius 1 is 1.30 bits per heavy atom. The highest BCUT2D eigenvalue weighted by Crippen LogP contribution is 2.29. The minimum Gasteiger partial charge on any atom is -0.488 e. The van der Waals surface area contributed by atoms with Crippen LogP contribution in [0.15, 0.2) is 26.1 Å². The molecule has 108 valence electrons. The van der Waals surface area contributed by atoms with Crippen LogP contribution in [0.4, 0.5) is 14.5 Å². The third kappa shape index (κ3) is 2.43. The Balaban J connectivity index is 2.28. The molecule has 0 fully saturated rings. The van der Waals surface area contributed by atoms with Gasteiger partial charge in [0.05, 0.1) is 6.61 Å². The SMILES string of the molecule is CCOc1c(N[C@H](c2ccc(C)o2)C(F)F)c(=O)c1=O. The molecule has 20 heavy (non-hydrogen) atoms. The van der Waals surface area contributed by atoms with E-state index in [1.165, 1.54) is 12.1 Å². The van der Waals surface area contributed by atoms with Gasteiger partial charge in [0.1, 0.15) is 23.2 Å². The van der Waals surface area contributed by atoms with Gasteiger partial charge in [0, 0.05) is 0 Å². The van der Waals surface area contributed by atoms with Gasteiger partial charge in [0.15, 0.2) is 5.75 Å². The predicted molar refractivity (Wildman–Crippen MR) is 68.3 cm³/mol. The molecule has 0 aliphatic rings. The van der Waals surface area contributed by atoms with Crippen molar-refractivity contribution in [2.24, 2.45) is 0 Å². The Hall–Kier alpha value is -2.18. The Morgan fingerprint density at radius 2 is 2.00 bits per heavy atom. The summed E-state index contributed by atoms with van der Waals surface area (Å²) in [6.45, 7) is 3.41. The van der Waals surface area contributed by atoms with Crippen molar-refractivity contribution in [3.8, 4) is 5.75 Å². The van der Waals surface area contributed by atoms with E-state index in [9.17, 15) is 18.4 Å². The maximum absolute atomic E-state index is 13.1. The third-order valence-corrected chi connectivity index (χ3v) is 2.77. The normalized spacial score (nSPS) is 12.8. The molecule has 0 saturated heterocycles. The molecule has 1 N–H and O–H groups in total. The number of aryl methyl sites for hydroxylation is 1. The molecule has 0 bridgehead atoms. The first-order valence-corrected chi connectivity index (χ1v) is 6.02. The summed E-state index contributed by atoms with van der Waals surface area (Å²) in [7, 11) is 0. The quantitative estimate of drug-likeness (QED) is 0.822. The predicted octanol–water partition coefficient (Wildman–Crippen LogP) is 2.00. The van der Waals surface area contributed by atoms with Gasteiger partial charge in [-0.2, -0.15) is 0 Å². The van der Waals surface area contributed by atoms with Gasteiger partial charge in [-0.1, -0.05) is 0 Å². The van der Waals surface area contributed by atoms with Crippen LogP contribution in [0.1, 0.15) is 24.5 Å². The van der Waals surface area contributed by atoms with E-state index in [-0.39, 0.29) is 23.8 Å². The number of hydrogen-bond acceptors (Lipinski definition) is 5. The number of halogens is 2. The second-order valence-corrected chi connectivity index (χ2v) is 4.20. The maximum Gasteiger partial charge on any atom is 0.272 e. The molecule has 1 heterocycles. The van der Waals surface area contributed by atoms with Gasteiger partial charge in [0.25, 0.3) is 17.3 Å². The highest BCUT2D eigenvalue weighted by molar-refractivity contribution is 5.62. The minimum absolute atomic E-state index is 0.00648. The maximum atomic E-state index is 13.1. The van der Waals surface area contributed by atoms with Crippen LogP contribution in [0.5, 0.6) is 5.75 Å². The van der Waals surface area contributed by atoms with Crippen molar-refractivity contribution in [3.05, 3.63) is 44.1 Å². The van der Waals surface area contributed by atoms with E-state index in [1.807, 2.05) is 0 Å². The van der Waals surface area contributed by atoms with Gasteiger partial charge in [0.2, 0.25) is 0 Å². The zero-order valence-corrected chi connectivity index (χ0v) is 10.9. The summed E-state index contributed by atoms with van der Waals surface area (Å²) in [5.41, 5.74) is -1.89. The Kier molecular flexibility index (Phi) is 3.87. The van der Waals surface area contributed by atoms with Crippen LogP contribution in [0.3, 0.4) is 0 Å². The highest BCUT2D eigenvalue weighted by Gasteiger charge is 2.31. The molecular weight excluding hydrogens is 272 g/mol. The lowest BCUT2D eigenvalue weighted by Crippen LogP contribution is -2.37. The van der Waals surface area contributed by atoms with E-state index < -0.39 is 23.3 Å². The lowest BCUT2D eigenvalue weighted by molar-refractivity contribution is 0.114. The number of alkyl halides is 2. The zero-order valence-electron chi connectivity index (χ0n) is 10.9. The molecule has 5 nitrogen and oxygen atoms in total. The lowest BCUT2D eigenvalue weighted by atomic mass is 10.1. The first kappa shape index (κ1) is 14.2. The summed E-state index contributed by atoms with van der Waals surface area (Å²) in [5.74, 6) is 0.266. The van der Waals surface area contributed by atoms with Gasteiger partial charge < -0.3 is 14.5 Å². The van der Waals surface area contributed by atoms with Crippen molar-refractivity contribution in [1.29, 1.82) is 0 Å². The van der Waals surface area contributed by atoms with E-state index in [1.54, 1.807) is 13.8 Å². The summed E-state index contributed by atoms with van der Waals surface area (Å²) in [6, 6.07) is 1.43. The third-order valence-electron chi connectivity index (χ3n) is 2.77. The summed E-state index contributed by atoms with van der Waals surface area (Å²) in [4.78, 5) is 22.7. The van der Waals surface area contributed by atoms with Crippen LogP contribution in [0, 0.1) is 6.92 Å². The van der Waals surface area contributed by atoms with Crippen molar-refractivity contribution in [2.45, 2.75) is 26.3 Å². The smallest absolute Gasteiger partial charge is 0.272 e. The fourth-order valence-electron chi connectivity index (χ4n) is 1.82. The van der Waals surface area contributed by atoms with Gasteiger partial charge in [-0.05, 0) is 26.0 Å². The van der Waals surface area contributed by atoms with Crippen molar-refractivity contribution in [3.63, 3.8) is 0 Å². The molecule has 0 amide bonds. The van der Waals surface area contributed by atoms with Crippen LogP contribution in [-0.2, 0) is 0 Å². The molecule has 0 unspecified atom stereocenters. The summed E-state index contributed by atoms with van der Waals surface area (Å²) < 4.78 is 36.2. The lowest BCUT2D eigenvalue weighted by Gasteiger charge is -2.19. The topological polar surface area (TPSA) is 68.5 Å². The van der Waals surface area contributed by atoms with E-state index in [4.69, 9.17) is 9.15 Å². The molecule has 7 heteroatoms. The van der Waals surface area contributed by atoms with E-state index in [0.29, 0.717) is 5.76 Å². The number of nitrogens with one attached hydrogen (secondary N) is 1. The fourth-order valence-corrected chi connectivity index (χ4v) is 1.82. The van der Waals surface area contributed by atoms with Crippen LogP contribution in [0.2, 0.25) is 0 Å². The van der Waals surface area contributed by atoms with E-state index >= 15 is 0 Å². The number of hydrogen-bond donors (Lipinski definition) is 1. The first-order valence-electron chi connectivity index (χ1n) is 6.02. The largest absolute Gasteiger partial charge is 0.488 e. The molecule has 0 radical (unpaired) electrons. The van der Waals surface area contributed by atoms with Crippen molar-refractivity contribution in [2.75, 3.05) is 11.9 Å². The summed E-state index contributed by atoms with van der Waals surface area (Å²) in [5, 5.41) is 2.34. The Bertz CT molecular complexity index is 670. The molecule has 0 saturated carbocycles. The number of furan rings is 1. The van der Waals surface area contributed by atoms with Crippen molar-refractivity contribution in [1.82, 2.24) is 0 Å². The molecule has 1 atom stereocenters. The summed E-state index contributed by atoms with van der Waals surface area (Å²) >= 11 is 0. The highest BCUT2D eigenvalue weighted by atomic mass is 19.3. The Morgan fingerprint density at radius 3 is 2.50 bits per heavy atom. The molecule has 0 aliphatic carbocycles. The van der Waals surface area contributed by atoms with Gasteiger partial charge >= 0.3 is 0 Å². The van der Waals surface area contributed by atoms with Crippen LogP contribution < -0.4 is 20.9 Å². The number of rotatable bonds is 6. The first-order chi connectivity index (χ1) is 9.45. The second-order valence-electron chi connectivity index (χ2n) is 4.20. The standard InChI is InChI=1S/C13H13F2NO4/c1-3-19-12-9(10(17)11(12)18)16-8(13(14)15)7-5-4-6(2)20-7/h4-5,8,13,16H,3H2,1-2H3/t8-/m1/s1.